The lowest BCUT2D eigenvalue weighted by Crippen LogP contribution is -2.15. The summed E-state index contributed by atoms with van der Waals surface area (Å²) in [6, 6.07) is 0. The van der Waals surface area contributed by atoms with Gasteiger partial charge in [-0.05, 0) is 0 Å². The van der Waals surface area contributed by atoms with Crippen molar-refractivity contribution in [2.45, 2.75) is 19.0 Å². The van der Waals surface area contributed by atoms with Crippen LogP contribution in [0.2, 0.25) is 0 Å². The first-order valence-corrected chi connectivity index (χ1v) is 3.42. The fourth-order valence-electron chi connectivity index (χ4n) is 0.285. The predicted molar refractivity (Wildman–Crippen MR) is 36.2 cm³/mol. The monoisotopic (exact) mass is 210 g/mol. The lowest BCUT2D eigenvalue weighted by Gasteiger charge is -2.08. The Morgan fingerprint density at radius 2 is 1.50 bits per heavy atom. The third-order valence-corrected chi connectivity index (χ3v) is 0.891. The molecule has 0 spiro atoms. The molecule has 0 aliphatic rings. The van der Waals surface area contributed by atoms with Gasteiger partial charge in [-0.2, -0.15) is 0 Å². The van der Waals surface area contributed by atoms with Crippen LogP contribution in [0.1, 0.15) is 13.8 Å². The molecule has 0 saturated carbocycles. The Labute approximate surface area is 66.6 Å². The molecule has 0 fully saturated rings. The van der Waals surface area contributed by atoms with E-state index in [1.165, 1.54) is 13.8 Å². The minimum atomic E-state index is -0.970. The van der Waals surface area contributed by atoms with Crippen LogP contribution < -0.4 is 0 Å². The molecular weight excluding hydrogens is 204 g/mol. The van der Waals surface area contributed by atoms with E-state index in [-0.39, 0.29) is 0 Å². The molecule has 10 heavy (non-hydrogen) atoms. The van der Waals surface area contributed by atoms with Crippen molar-refractivity contribution in [2.24, 2.45) is 0 Å². The molecule has 0 radical (unpaired) electrons. The maximum Gasteiger partial charge on any atom is 0.306 e. The third kappa shape index (κ3) is 5.55. The minimum Gasteiger partial charge on any atom is -0.415 e. The summed E-state index contributed by atoms with van der Waals surface area (Å²) >= 11 is 2.79. The lowest BCUT2D eigenvalue weighted by molar-refractivity contribution is -0.168. The summed E-state index contributed by atoms with van der Waals surface area (Å²) in [4.78, 5) is 20.4. The van der Waals surface area contributed by atoms with Gasteiger partial charge in [0.1, 0.15) is 0 Å². The van der Waals surface area contributed by atoms with Crippen molar-refractivity contribution in [3.63, 3.8) is 0 Å². The average molecular weight is 211 g/mol. The van der Waals surface area contributed by atoms with Gasteiger partial charge in [-0.15, -0.1) is 0 Å². The van der Waals surface area contributed by atoms with Gasteiger partial charge in [-0.25, -0.2) is 0 Å². The Morgan fingerprint density at radius 1 is 1.20 bits per heavy atom. The highest BCUT2D eigenvalue weighted by Gasteiger charge is 2.08. The molecule has 0 bridgehead atoms. The van der Waals surface area contributed by atoms with Crippen LogP contribution in [0.5, 0.6) is 0 Å². The molecule has 0 rings (SSSR count). The molecular formula is C5H7BrO4. The standard InChI is InChI=1S/C5H7BrO4/c1-3(7)9-5(6)10-4(2)8/h5H,1-2H3. The Hall–Kier alpha value is -0.580. The maximum atomic E-state index is 10.2. The molecule has 0 amide bonds. The van der Waals surface area contributed by atoms with E-state index in [2.05, 4.69) is 25.4 Å². The van der Waals surface area contributed by atoms with Gasteiger partial charge in [0.25, 0.3) is 0 Å². The van der Waals surface area contributed by atoms with Crippen molar-refractivity contribution in [3.05, 3.63) is 0 Å². The van der Waals surface area contributed by atoms with Crippen LogP contribution in [0.25, 0.3) is 0 Å². The number of alkyl halides is 1. The molecule has 0 aliphatic carbocycles. The number of esters is 2. The lowest BCUT2D eigenvalue weighted by atomic mass is 10.8. The molecule has 0 aromatic rings. The summed E-state index contributed by atoms with van der Waals surface area (Å²) in [5, 5.41) is -0.970. The van der Waals surface area contributed by atoms with Gasteiger partial charge in [0.05, 0.1) is 0 Å². The molecule has 0 saturated heterocycles. The summed E-state index contributed by atoms with van der Waals surface area (Å²) in [7, 11) is 0. The van der Waals surface area contributed by atoms with E-state index in [1.54, 1.807) is 0 Å². The van der Waals surface area contributed by atoms with Crippen LogP contribution >= 0.6 is 15.9 Å². The van der Waals surface area contributed by atoms with E-state index >= 15 is 0 Å². The highest BCUT2D eigenvalue weighted by molar-refractivity contribution is 9.09. The zero-order chi connectivity index (χ0) is 8.15. The molecule has 0 heterocycles. The number of ether oxygens (including phenoxy) is 2. The quantitative estimate of drug-likeness (QED) is 0.385. The maximum absolute atomic E-state index is 10.2. The first kappa shape index (κ1) is 9.42. The van der Waals surface area contributed by atoms with Crippen LogP contribution in [0, 0.1) is 0 Å². The SMILES string of the molecule is CC(=O)OC(Br)OC(C)=O. The molecule has 58 valence electrons. The first-order valence-electron chi connectivity index (χ1n) is 2.51. The summed E-state index contributed by atoms with van der Waals surface area (Å²) in [5.74, 6) is -1.02. The van der Waals surface area contributed by atoms with Crippen LogP contribution in [0.4, 0.5) is 0 Å². The number of rotatable bonds is 2. The van der Waals surface area contributed by atoms with E-state index in [1.807, 2.05) is 0 Å². The van der Waals surface area contributed by atoms with Crippen LogP contribution in [-0.2, 0) is 19.1 Å². The fourth-order valence-corrected chi connectivity index (χ4v) is 0.811. The second-order valence-corrected chi connectivity index (χ2v) is 2.24. The Bertz CT molecular complexity index is 129. The second kappa shape index (κ2) is 4.27. The van der Waals surface area contributed by atoms with Gasteiger partial charge in [0, 0.05) is 29.8 Å². The zero-order valence-electron chi connectivity index (χ0n) is 5.59. The van der Waals surface area contributed by atoms with Crippen molar-refractivity contribution in [3.8, 4) is 0 Å². The highest BCUT2D eigenvalue weighted by Crippen LogP contribution is 2.03. The predicted octanol–water partition coefficient (Wildman–Crippen LogP) is 0.791. The van der Waals surface area contributed by atoms with Crippen LogP contribution in [0.3, 0.4) is 0 Å². The van der Waals surface area contributed by atoms with Gasteiger partial charge in [-0.3, -0.25) is 9.59 Å². The van der Waals surface area contributed by atoms with E-state index in [0.29, 0.717) is 0 Å². The van der Waals surface area contributed by atoms with E-state index in [9.17, 15) is 9.59 Å². The van der Waals surface area contributed by atoms with Crippen molar-refractivity contribution < 1.29 is 19.1 Å². The number of hydrogen-bond acceptors (Lipinski definition) is 4. The largest absolute Gasteiger partial charge is 0.415 e. The Balaban J connectivity index is 3.53. The number of halogens is 1. The minimum absolute atomic E-state index is 0.511. The summed E-state index contributed by atoms with van der Waals surface area (Å²) in [5.41, 5.74) is 0. The molecule has 0 aliphatic heterocycles. The third-order valence-electron chi connectivity index (χ3n) is 0.517. The van der Waals surface area contributed by atoms with Crippen LogP contribution in [0.15, 0.2) is 0 Å². The number of hydrogen-bond donors (Lipinski definition) is 0. The average Bonchev–Trinajstić information content (AvgIpc) is 1.58. The first-order chi connectivity index (χ1) is 4.52. The van der Waals surface area contributed by atoms with Crippen molar-refractivity contribution in [1.29, 1.82) is 0 Å². The highest BCUT2D eigenvalue weighted by atomic mass is 79.9. The van der Waals surface area contributed by atoms with Gasteiger partial charge in [0.15, 0.2) is 0 Å². The topological polar surface area (TPSA) is 52.6 Å². The van der Waals surface area contributed by atoms with Gasteiger partial charge >= 0.3 is 17.1 Å². The van der Waals surface area contributed by atoms with Gasteiger partial charge < -0.3 is 9.47 Å². The molecule has 0 aromatic heterocycles. The van der Waals surface area contributed by atoms with Crippen LogP contribution in [-0.4, -0.2) is 17.1 Å². The Kier molecular flexibility index (Phi) is 4.02. The molecule has 0 unspecified atom stereocenters. The molecule has 0 atom stereocenters. The van der Waals surface area contributed by atoms with Crippen molar-refractivity contribution >= 4 is 27.9 Å². The zero-order valence-corrected chi connectivity index (χ0v) is 7.17. The molecule has 0 aromatic carbocycles. The van der Waals surface area contributed by atoms with Crippen molar-refractivity contribution in [2.75, 3.05) is 0 Å². The smallest absolute Gasteiger partial charge is 0.306 e. The molecule has 0 N–H and O–H groups in total. The Morgan fingerprint density at radius 3 is 1.70 bits per heavy atom. The number of carbonyl (C=O) groups excluding carboxylic acids is 2. The molecule has 5 heteroatoms. The van der Waals surface area contributed by atoms with E-state index < -0.39 is 17.1 Å². The van der Waals surface area contributed by atoms with Gasteiger partial charge in [0.2, 0.25) is 0 Å². The second-order valence-electron chi connectivity index (χ2n) is 1.49. The summed E-state index contributed by atoms with van der Waals surface area (Å²) in [6.07, 6.45) is 0. The van der Waals surface area contributed by atoms with Crippen molar-refractivity contribution in [1.82, 2.24) is 0 Å². The fraction of sp³-hybridized carbons (Fsp3) is 0.600. The van der Waals surface area contributed by atoms with E-state index in [4.69, 9.17) is 0 Å². The van der Waals surface area contributed by atoms with E-state index in [0.717, 1.165) is 0 Å². The summed E-state index contributed by atoms with van der Waals surface area (Å²) in [6.45, 7) is 2.44. The molecule has 4 nitrogen and oxygen atoms in total. The number of carbonyl (C=O) groups is 2. The normalized spacial score (nSPS) is 9.20. The summed E-state index contributed by atoms with van der Waals surface area (Å²) < 4.78 is 8.79. The van der Waals surface area contributed by atoms with Gasteiger partial charge in [-0.1, -0.05) is 0 Å².